The van der Waals surface area contributed by atoms with E-state index in [1.165, 1.54) is 0 Å². The first kappa shape index (κ1) is 18.4. The number of methoxy groups -OCH3 is 1. The van der Waals surface area contributed by atoms with E-state index in [0.717, 1.165) is 41.2 Å². The van der Waals surface area contributed by atoms with Crippen LogP contribution < -0.4 is 5.32 Å². The second-order valence-corrected chi connectivity index (χ2v) is 7.04. The summed E-state index contributed by atoms with van der Waals surface area (Å²) in [7, 11) is 1.74. The zero-order chi connectivity index (χ0) is 16.3. The lowest BCUT2D eigenvalue weighted by atomic mass is 9.90. The van der Waals surface area contributed by atoms with Crippen molar-refractivity contribution in [3.05, 3.63) is 16.0 Å². The number of anilines is 1. The van der Waals surface area contributed by atoms with Crippen molar-refractivity contribution >= 4 is 21.7 Å². The van der Waals surface area contributed by atoms with Crippen LogP contribution in [0.3, 0.4) is 0 Å². The van der Waals surface area contributed by atoms with Crippen molar-refractivity contribution in [2.24, 2.45) is 0 Å². The highest BCUT2D eigenvalue weighted by Crippen LogP contribution is 2.37. The summed E-state index contributed by atoms with van der Waals surface area (Å²) in [6.07, 6.45) is 1.69. The fourth-order valence-electron chi connectivity index (χ4n) is 2.38. The van der Waals surface area contributed by atoms with Crippen LogP contribution in [0.5, 0.6) is 0 Å². The van der Waals surface area contributed by atoms with Crippen LogP contribution in [0.25, 0.3) is 0 Å². The Balaban J connectivity index is 3.57. The second-order valence-electron chi connectivity index (χ2n) is 6.24. The Bertz CT molecular complexity index is 471. The molecule has 0 saturated carbocycles. The molecule has 0 radical (unpaired) electrons. The highest BCUT2D eigenvalue weighted by molar-refractivity contribution is 9.10. The topological polar surface area (TPSA) is 47.0 Å². The molecule has 0 saturated heterocycles. The van der Waals surface area contributed by atoms with Crippen LogP contribution in [0.1, 0.15) is 65.9 Å². The fourth-order valence-corrected chi connectivity index (χ4v) is 3.29. The van der Waals surface area contributed by atoms with Gasteiger partial charge in [-0.25, -0.2) is 9.97 Å². The molecule has 0 bridgehead atoms. The summed E-state index contributed by atoms with van der Waals surface area (Å²) >= 11 is 3.66. The van der Waals surface area contributed by atoms with Gasteiger partial charge < -0.3 is 10.1 Å². The smallest absolute Gasteiger partial charge is 0.162 e. The maximum atomic E-state index is 5.79. The van der Waals surface area contributed by atoms with Crippen LogP contribution >= 0.6 is 15.9 Å². The van der Waals surface area contributed by atoms with E-state index in [0.29, 0.717) is 0 Å². The van der Waals surface area contributed by atoms with Crippen molar-refractivity contribution < 1.29 is 4.74 Å². The standard InChI is InChI=1S/C16H28BrN3O/c1-8-16(9-2,21-7)14-19-12(15(4,5)6)11(17)13(20-14)18-10-3/h8-10H2,1-7H3,(H,18,19,20). The quantitative estimate of drug-likeness (QED) is 0.805. The third-order valence-corrected chi connectivity index (χ3v) is 4.60. The van der Waals surface area contributed by atoms with E-state index in [4.69, 9.17) is 14.7 Å². The number of nitrogens with zero attached hydrogens (tertiary/aromatic N) is 2. The van der Waals surface area contributed by atoms with Crippen molar-refractivity contribution in [2.45, 2.75) is 65.4 Å². The first-order valence-electron chi connectivity index (χ1n) is 7.63. The Hall–Kier alpha value is -0.680. The lowest BCUT2D eigenvalue weighted by Gasteiger charge is -2.31. The number of hydrogen-bond donors (Lipinski definition) is 1. The average molecular weight is 358 g/mol. The molecule has 0 aliphatic rings. The average Bonchev–Trinajstić information content (AvgIpc) is 2.43. The lowest BCUT2D eigenvalue weighted by molar-refractivity contribution is -0.0293. The number of nitrogens with one attached hydrogen (secondary N) is 1. The Labute approximate surface area is 137 Å². The second kappa shape index (κ2) is 7.05. The maximum absolute atomic E-state index is 5.79. The van der Waals surface area contributed by atoms with Gasteiger partial charge in [-0.2, -0.15) is 0 Å². The Morgan fingerprint density at radius 3 is 2.05 bits per heavy atom. The minimum Gasteiger partial charge on any atom is -0.370 e. The van der Waals surface area contributed by atoms with E-state index >= 15 is 0 Å². The molecule has 1 heterocycles. The number of halogens is 1. The Morgan fingerprint density at radius 1 is 1.10 bits per heavy atom. The first-order valence-corrected chi connectivity index (χ1v) is 8.42. The van der Waals surface area contributed by atoms with Crippen LogP contribution in [0.4, 0.5) is 5.82 Å². The molecule has 0 aromatic carbocycles. The largest absolute Gasteiger partial charge is 0.370 e. The summed E-state index contributed by atoms with van der Waals surface area (Å²) in [4.78, 5) is 9.58. The van der Waals surface area contributed by atoms with E-state index < -0.39 is 5.60 Å². The predicted molar refractivity (Wildman–Crippen MR) is 91.9 cm³/mol. The third kappa shape index (κ3) is 3.75. The van der Waals surface area contributed by atoms with Crippen molar-refractivity contribution in [1.29, 1.82) is 0 Å². The summed E-state index contributed by atoms with van der Waals surface area (Å²) in [6, 6.07) is 0. The Kier molecular flexibility index (Phi) is 6.17. The van der Waals surface area contributed by atoms with Gasteiger partial charge in [0.05, 0.1) is 10.2 Å². The molecule has 0 amide bonds. The number of aromatic nitrogens is 2. The van der Waals surface area contributed by atoms with Crippen molar-refractivity contribution in [2.75, 3.05) is 19.0 Å². The molecule has 0 spiro atoms. The minimum atomic E-state index is -0.426. The molecule has 1 aromatic heterocycles. The molecule has 0 atom stereocenters. The number of hydrogen-bond acceptors (Lipinski definition) is 4. The number of ether oxygens (including phenoxy) is 1. The SMILES string of the molecule is CCNc1nc(C(CC)(CC)OC)nc(C(C)(C)C)c1Br. The molecule has 1 rings (SSSR count). The molecule has 5 heteroatoms. The van der Waals surface area contributed by atoms with Gasteiger partial charge in [-0.15, -0.1) is 0 Å². The van der Waals surface area contributed by atoms with Crippen molar-refractivity contribution in [1.82, 2.24) is 9.97 Å². The summed E-state index contributed by atoms with van der Waals surface area (Å²) < 4.78 is 6.74. The third-order valence-electron chi connectivity index (χ3n) is 3.85. The van der Waals surface area contributed by atoms with E-state index in [1.54, 1.807) is 7.11 Å². The number of rotatable bonds is 6. The molecule has 0 aliphatic carbocycles. The summed E-state index contributed by atoms with van der Waals surface area (Å²) in [6.45, 7) is 13.6. The van der Waals surface area contributed by atoms with E-state index in [1.807, 2.05) is 0 Å². The molecule has 4 nitrogen and oxygen atoms in total. The summed E-state index contributed by atoms with van der Waals surface area (Å²) in [5, 5.41) is 3.32. The highest BCUT2D eigenvalue weighted by Gasteiger charge is 2.34. The van der Waals surface area contributed by atoms with Gasteiger partial charge in [0.15, 0.2) is 5.82 Å². The van der Waals surface area contributed by atoms with Crippen LogP contribution in [0, 0.1) is 0 Å². The summed E-state index contributed by atoms with van der Waals surface area (Å²) in [5.74, 6) is 1.61. The molecule has 0 aliphatic heterocycles. The maximum Gasteiger partial charge on any atom is 0.162 e. The van der Waals surface area contributed by atoms with Crippen molar-refractivity contribution in [3.63, 3.8) is 0 Å². The zero-order valence-corrected chi connectivity index (χ0v) is 15.9. The van der Waals surface area contributed by atoms with Gasteiger partial charge in [-0.3, -0.25) is 0 Å². The van der Waals surface area contributed by atoms with Crippen LogP contribution in [-0.4, -0.2) is 23.6 Å². The van der Waals surface area contributed by atoms with Gasteiger partial charge in [0.25, 0.3) is 0 Å². The monoisotopic (exact) mass is 357 g/mol. The zero-order valence-electron chi connectivity index (χ0n) is 14.3. The summed E-state index contributed by atoms with van der Waals surface area (Å²) in [5.41, 5.74) is 0.513. The lowest BCUT2D eigenvalue weighted by Crippen LogP contribution is -2.31. The highest BCUT2D eigenvalue weighted by atomic mass is 79.9. The molecular weight excluding hydrogens is 330 g/mol. The van der Waals surface area contributed by atoms with E-state index in [9.17, 15) is 0 Å². The minimum absolute atomic E-state index is 0.0678. The molecule has 0 unspecified atom stereocenters. The van der Waals surface area contributed by atoms with E-state index in [2.05, 4.69) is 62.8 Å². The van der Waals surface area contributed by atoms with Gasteiger partial charge in [-0.1, -0.05) is 34.6 Å². The molecular formula is C16H28BrN3O. The normalized spacial score (nSPS) is 12.6. The molecule has 120 valence electrons. The van der Waals surface area contributed by atoms with E-state index in [-0.39, 0.29) is 5.41 Å². The van der Waals surface area contributed by atoms with Gasteiger partial charge in [0, 0.05) is 19.1 Å². The van der Waals surface area contributed by atoms with Crippen LogP contribution in [0.2, 0.25) is 0 Å². The van der Waals surface area contributed by atoms with Gasteiger partial charge in [0.1, 0.15) is 11.4 Å². The van der Waals surface area contributed by atoms with Gasteiger partial charge >= 0.3 is 0 Å². The van der Waals surface area contributed by atoms with Gasteiger partial charge in [-0.05, 0) is 35.7 Å². The molecule has 1 N–H and O–H groups in total. The van der Waals surface area contributed by atoms with Crippen LogP contribution in [0.15, 0.2) is 4.47 Å². The van der Waals surface area contributed by atoms with Gasteiger partial charge in [0.2, 0.25) is 0 Å². The predicted octanol–water partition coefficient (Wildman–Crippen LogP) is 4.63. The molecule has 21 heavy (non-hydrogen) atoms. The molecule has 1 aromatic rings. The van der Waals surface area contributed by atoms with Crippen molar-refractivity contribution in [3.8, 4) is 0 Å². The first-order chi connectivity index (χ1) is 9.75. The Morgan fingerprint density at radius 2 is 1.67 bits per heavy atom. The molecule has 0 fully saturated rings. The fraction of sp³-hybridized carbons (Fsp3) is 0.750. The van der Waals surface area contributed by atoms with Crippen LogP contribution in [-0.2, 0) is 15.8 Å².